The third-order valence-corrected chi connectivity index (χ3v) is 4.68. The molecule has 2 N–H and O–H groups in total. The van der Waals surface area contributed by atoms with Gasteiger partial charge in [-0.15, -0.1) is 10.2 Å². The van der Waals surface area contributed by atoms with Crippen molar-refractivity contribution in [2.75, 3.05) is 10.6 Å². The molecule has 2 amide bonds. The molecule has 0 aliphatic rings. The van der Waals surface area contributed by atoms with Crippen molar-refractivity contribution in [1.82, 2.24) is 10.2 Å². The molecule has 0 unspecified atom stereocenters. The molecule has 9 heteroatoms. The van der Waals surface area contributed by atoms with Crippen LogP contribution in [0.5, 0.6) is 5.75 Å². The van der Waals surface area contributed by atoms with Gasteiger partial charge in [-0.05, 0) is 54.1 Å². The molecule has 0 fully saturated rings. The molecule has 34 heavy (non-hydrogen) atoms. The highest BCUT2D eigenvalue weighted by molar-refractivity contribution is 5.92. The van der Waals surface area contributed by atoms with Crippen LogP contribution in [-0.4, -0.2) is 22.0 Å². The first-order valence-electron chi connectivity index (χ1n) is 10.4. The second-order valence-corrected chi connectivity index (χ2v) is 7.43. The molecule has 4 rings (SSSR count). The van der Waals surface area contributed by atoms with Crippen molar-refractivity contribution in [3.63, 3.8) is 0 Å². The number of aromatic nitrogens is 2. The second kappa shape index (κ2) is 10.4. The van der Waals surface area contributed by atoms with Crippen LogP contribution in [0, 0.1) is 5.82 Å². The van der Waals surface area contributed by atoms with Crippen molar-refractivity contribution in [3.8, 4) is 17.2 Å². The number of hydrogen-bond acceptors (Lipinski definition) is 6. The van der Waals surface area contributed by atoms with E-state index in [2.05, 4.69) is 20.8 Å². The Morgan fingerprint density at radius 1 is 0.941 bits per heavy atom. The molecule has 0 spiro atoms. The minimum atomic E-state index is -0.348. The van der Waals surface area contributed by atoms with Crippen LogP contribution in [0.15, 0.2) is 77.2 Å². The average Bonchev–Trinajstić information content (AvgIpc) is 3.28. The lowest BCUT2D eigenvalue weighted by atomic mass is 10.1. The molecule has 172 valence electrons. The zero-order chi connectivity index (χ0) is 23.9. The topological polar surface area (TPSA) is 106 Å². The van der Waals surface area contributed by atoms with Gasteiger partial charge in [-0.3, -0.25) is 9.59 Å². The normalized spacial score (nSPS) is 10.5. The Labute approximate surface area is 194 Å². The van der Waals surface area contributed by atoms with Crippen LogP contribution in [0.4, 0.5) is 15.8 Å². The van der Waals surface area contributed by atoms with Crippen LogP contribution in [0.2, 0.25) is 0 Å². The standard InChI is InChI=1S/C25H21FN4O4/c1-16(31)27-20-11-5-17(6-12-20)13-23(32)28-21-3-2-4-22(14-21)33-15-24-29-30-25(34-24)18-7-9-19(26)10-8-18/h2-12,14H,13,15H2,1H3,(H,27,31)(H,28,32). The summed E-state index contributed by atoms with van der Waals surface area (Å²) < 4.78 is 24.3. The van der Waals surface area contributed by atoms with Gasteiger partial charge in [-0.2, -0.15) is 0 Å². The molecule has 0 saturated carbocycles. The van der Waals surface area contributed by atoms with Crippen LogP contribution < -0.4 is 15.4 Å². The number of benzene rings is 3. The number of hydrogen-bond donors (Lipinski definition) is 2. The van der Waals surface area contributed by atoms with E-state index in [1.165, 1.54) is 19.1 Å². The minimum Gasteiger partial charge on any atom is -0.484 e. The highest BCUT2D eigenvalue weighted by atomic mass is 19.1. The lowest BCUT2D eigenvalue weighted by Crippen LogP contribution is -2.14. The summed E-state index contributed by atoms with van der Waals surface area (Å²) in [7, 11) is 0. The fraction of sp³-hybridized carbons (Fsp3) is 0.120. The maximum Gasteiger partial charge on any atom is 0.254 e. The van der Waals surface area contributed by atoms with Gasteiger partial charge in [0.05, 0.1) is 6.42 Å². The summed E-state index contributed by atoms with van der Waals surface area (Å²) >= 11 is 0. The Kier molecular flexibility index (Phi) is 6.92. The molecule has 0 saturated heterocycles. The van der Waals surface area contributed by atoms with E-state index >= 15 is 0 Å². The van der Waals surface area contributed by atoms with E-state index in [0.29, 0.717) is 22.7 Å². The van der Waals surface area contributed by atoms with Crippen molar-refractivity contribution >= 4 is 23.2 Å². The maximum atomic E-state index is 13.1. The summed E-state index contributed by atoms with van der Waals surface area (Å²) in [5.41, 5.74) is 2.67. The number of ether oxygens (including phenoxy) is 1. The van der Waals surface area contributed by atoms with Gasteiger partial charge in [-0.1, -0.05) is 18.2 Å². The van der Waals surface area contributed by atoms with Crippen molar-refractivity contribution in [1.29, 1.82) is 0 Å². The first-order valence-corrected chi connectivity index (χ1v) is 10.4. The highest BCUT2D eigenvalue weighted by Crippen LogP contribution is 2.21. The Morgan fingerprint density at radius 3 is 2.44 bits per heavy atom. The quantitative estimate of drug-likeness (QED) is 0.398. The lowest BCUT2D eigenvalue weighted by Gasteiger charge is -2.09. The number of nitrogens with zero attached hydrogens (tertiary/aromatic N) is 2. The number of nitrogens with one attached hydrogen (secondary N) is 2. The molecule has 4 aromatic rings. The molecule has 0 aliphatic carbocycles. The summed E-state index contributed by atoms with van der Waals surface area (Å²) in [4.78, 5) is 23.5. The summed E-state index contributed by atoms with van der Waals surface area (Å²) in [6, 6.07) is 19.7. The fourth-order valence-corrected chi connectivity index (χ4v) is 3.13. The van der Waals surface area contributed by atoms with Crippen LogP contribution >= 0.6 is 0 Å². The van der Waals surface area contributed by atoms with Crippen LogP contribution in [-0.2, 0) is 22.6 Å². The van der Waals surface area contributed by atoms with E-state index in [0.717, 1.165) is 5.56 Å². The highest BCUT2D eigenvalue weighted by Gasteiger charge is 2.10. The minimum absolute atomic E-state index is 0.0340. The maximum absolute atomic E-state index is 13.1. The molecule has 1 aromatic heterocycles. The van der Waals surface area contributed by atoms with E-state index in [-0.39, 0.29) is 42.4 Å². The molecule has 1 heterocycles. The van der Waals surface area contributed by atoms with Gasteiger partial charge in [0, 0.05) is 29.9 Å². The largest absolute Gasteiger partial charge is 0.484 e. The molecule has 3 aromatic carbocycles. The van der Waals surface area contributed by atoms with E-state index in [1.807, 2.05) is 0 Å². The first kappa shape index (κ1) is 22.7. The summed E-state index contributed by atoms with van der Waals surface area (Å²) in [6.45, 7) is 1.47. The number of carbonyl (C=O) groups is 2. The Balaban J connectivity index is 1.31. The Bertz CT molecular complexity index is 1290. The third-order valence-electron chi connectivity index (χ3n) is 4.68. The van der Waals surface area contributed by atoms with Crippen LogP contribution in [0.25, 0.3) is 11.5 Å². The van der Waals surface area contributed by atoms with Crippen LogP contribution in [0.3, 0.4) is 0 Å². The van der Waals surface area contributed by atoms with Gasteiger partial charge in [-0.25, -0.2) is 4.39 Å². The smallest absolute Gasteiger partial charge is 0.254 e. The third kappa shape index (κ3) is 6.26. The number of rotatable bonds is 8. The van der Waals surface area contributed by atoms with Crippen molar-refractivity contribution in [2.24, 2.45) is 0 Å². The summed E-state index contributed by atoms with van der Waals surface area (Å²) in [5.74, 6) is 0.351. The predicted molar refractivity (Wildman–Crippen MR) is 124 cm³/mol. The zero-order valence-corrected chi connectivity index (χ0v) is 18.2. The molecule has 0 aliphatic heterocycles. The van der Waals surface area contributed by atoms with Gasteiger partial charge >= 0.3 is 0 Å². The number of amides is 2. The predicted octanol–water partition coefficient (Wildman–Crippen LogP) is 4.59. The number of carbonyl (C=O) groups excluding carboxylic acids is 2. The average molecular weight is 460 g/mol. The zero-order valence-electron chi connectivity index (χ0n) is 18.2. The van der Waals surface area contributed by atoms with E-state index in [4.69, 9.17) is 9.15 Å². The number of anilines is 2. The van der Waals surface area contributed by atoms with Crippen molar-refractivity contribution in [3.05, 3.63) is 90.1 Å². The molecular formula is C25H21FN4O4. The van der Waals surface area contributed by atoms with Crippen molar-refractivity contribution < 1.29 is 23.1 Å². The molecular weight excluding hydrogens is 439 g/mol. The van der Waals surface area contributed by atoms with Gasteiger partial charge in [0.2, 0.25) is 17.7 Å². The van der Waals surface area contributed by atoms with Gasteiger partial charge in [0.1, 0.15) is 11.6 Å². The van der Waals surface area contributed by atoms with E-state index < -0.39 is 0 Å². The van der Waals surface area contributed by atoms with E-state index in [9.17, 15) is 14.0 Å². The molecule has 0 radical (unpaired) electrons. The van der Waals surface area contributed by atoms with Crippen LogP contribution in [0.1, 0.15) is 18.4 Å². The molecule has 0 atom stereocenters. The Hall–Kier alpha value is -4.53. The van der Waals surface area contributed by atoms with Gasteiger partial charge in [0.15, 0.2) is 6.61 Å². The fourth-order valence-electron chi connectivity index (χ4n) is 3.13. The Morgan fingerprint density at radius 2 is 1.71 bits per heavy atom. The summed E-state index contributed by atoms with van der Waals surface area (Å²) in [5, 5.41) is 13.4. The summed E-state index contributed by atoms with van der Waals surface area (Å²) in [6.07, 6.45) is 0.180. The second-order valence-electron chi connectivity index (χ2n) is 7.43. The number of halogens is 1. The molecule has 0 bridgehead atoms. The lowest BCUT2D eigenvalue weighted by molar-refractivity contribution is -0.116. The van der Waals surface area contributed by atoms with Gasteiger partial charge in [0.25, 0.3) is 5.89 Å². The monoisotopic (exact) mass is 460 g/mol. The molecule has 8 nitrogen and oxygen atoms in total. The first-order chi connectivity index (χ1) is 16.4. The van der Waals surface area contributed by atoms with Crippen molar-refractivity contribution in [2.45, 2.75) is 20.0 Å². The SMILES string of the molecule is CC(=O)Nc1ccc(CC(=O)Nc2cccc(OCc3nnc(-c4ccc(F)cc4)o3)c2)cc1. The van der Waals surface area contributed by atoms with E-state index in [1.54, 1.807) is 60.7 Å². The van der Waals surface area contributed by atoms with Gasteiger partial charge < -0.3 is 19.8 Å².